The van der Waals surface area contributed by atoms with Crippen LogP contribution in [-0.4, -0.2) is 56.7 Å². The molecule has 0 aromatic heterocycles. The summed E-state index contributed by atoms with van der Waals surface area (Å²) in [5, 5.41) is 0. The van der Waals surface area contributed by atoms with Crippen LogP contribution in [0, 0.1) is 5.92 Å². The van der Waals surface area contributed by atoms with Crippen LogP contribution < -0.4 is 4.74 Å². The molecule has 3 rings (SSSR count). The highest BCUT2D eigenvalue weighted by Crippen LogP contribution is 2.32. The summed E-state index contributed by atoms with van der Waals surface area (Å²) >= 11 is 0. The van der Waals surface area contributed by atoms with Crippen LogP contribution >= 0.6 is 0 Å². The van der Waals surface area contributed by atoms with E-state index >= 15 is 0 Å². The number of unbranched alkanes of at least 4 members (excludes halogenated alkanes) is 3. The lowest BCUT2D eigenvalue weighted by atomic mass is 10.0. The first-order valence-corrected chi connectivity index (χ1v) is 10.5. The maximum absolute atomic E-state index is 12.4. The van der Waals surface area contributed by atoms with Crippen molar-refractivity contribution in [3.63, 3.8) is 0 Å². The van der Waals surface area contributed by atoms with Gasteiger partial charge in [0.15, 0.2) is 6.10 Å². The average Bonchev–Trinajstić information content (AvgIpc) is 3.33. The maximum atomic E-state index is 12.4. The molecule has 0 radical (unpaired) electrons. The minimum atomic E-state index is -0.382. The highest BCUT2D eigenvalue weighted by Gasteiger charge is 2.47. The van der Waals surface area contributed by atoms with E-state index in [1.807, 2.05) is 0 Å². The lowest BCUT2D eigenvalue weighted by molar-refractivity contribution is -0.137. The largest absolute Gasteiger partial charge is 0.494 e. The van der Waals surface area contributed by atoms with Crippen LogP contribution in [0.15, 0.2) is 36.9 Å². The second kappa shape index (κ2) is 11.1. The van der Waals surface area contributed by atoms with E-state index in [1.54, 1.807) is 24.3 Å². The maximum Gasteiger partial charge on any atom is 0.338 e. The van der Waals surface area contributed by atoms with Gasteiger partial charge in [0.1, 0.15) is 11.9 Å². The summed E-state index contributed by atoms with van der Waals surface area (Å²) in [7, 11) is 0. The molecule has 0 N–H and O–H groups in total. The van der Waals surface area contributed by atoms with Crippen molar-refractivity contribution < 1.29 is 33.3 Å². The Morgan fingerprint density at radius 3 is 2.47 bits per heavy atom. The fourth-order valence-corrected chi connectivity index (χ4v) is 3.63. The van der Waals surface area contributed by atoms with Gasteiger partial charge >= 0.3 is 11.9 Å². The number of carbonyl (C=O) groups is 2. The number of rotatable bonds is 11. The molecule has 2 aliphatic heterocycles. The van der Waals surface area contributed by atoms with Crippen molar-refractivity contribution in [3.05, 3.63) is 42.5 Å². The van der Waals surface area contributed by atoms with Crippen molar-refractivity contribution in [3.8, 4) is 5.75 Å². The van der Waals surface area contributed by atoms with Gasteiger partial charge in [-0.25, -0.2) is 9.59 Å². The Kier molecular flexibility index (Phi) is 8.28. The van der Waals surface area contributed by atoms with Crippen LogP contribution in [0.4, 0.5) is 0 Å². The first-order valence-electron chi connectivity index (χ1n) is 10.5. The predicted octanol–water partition coefficient (Wildman–Crippen LogP) is 3.31. The van der Waals surface area contributed by atoms with Crippen LogP contribution in [-0.2, 0) is 23.7 Å². The minimum Gasteiger partial charge on any atom is -0.494 e. The molecule has 0 spiro atoms. The molecule has 2 saturated heterocycles. The van der Waals surface area contributed by atoms with Crippen LogP contribution in [0.5, 0.6) is 5.75 Å². The van der Waals surface area contributed by atoms with Crippen molar-refractivity contribution in [1.29, 1.82) is 0 Å². The average molecular weight is 418 g/mol. The van der Waals surface area contributed by atoms with Crippen LogP contribution in [0.1, 0.15) is 43.0 Å². The molecule has 2 aliphatic rings. The summed E-state index contributed by atoms with van der Waals surface area (Å²) in [5.74, 6) is 0.276. The zero-order chi connectivity index (χ0) is 21.3. The van der Waals surface area contributed by atoms with Crippen molar-refractivity contribution in [2.24, 2.45) is 5.92 Å². The summed E-state index contributed by atoms with van der Waals surface area (Å²) in [4.78, 5) is 23.3. The van der Waals surface area contributed by atoms with E-state index in [0.29, 0.717) is 43.7 Å². The molecule has 0 amide bonds. The molecule has 2 heterocycles. The number of hydrogen-bond acceptors (Lipinski definition) is 7. The Balaban J connectivity index is 1.31. The van der Waals surface area contributed by atoms with Gasteiger partial charge in [-0.2, -0.15) is 0 Å². The molecule has 1 aromatic carbocycles. The molecule has 0 aliphatic carbocycles. The molecule has 4 atom stereocenters. The molecular weight excluding hydrogens is 388 g/mol. The van der Waals surface area contributed by atoms with E-state index in [2.05, 4.69) is 13.5 Å². The van der Waals surface area contributed by atoms with Crippen LogP contribution in [0.2, 0.25) is 0 Å². The highest BCUT2D eigenvalue weighted by molar-refractivity contribution is 5.89. The Bertz CT molecular complexity index is 715. The number of fused-ring (bicyclic) bond motifs is 1. The smallest absolute Gasteiger partial charge is 0.338 e. The van der Waals surface area contributed by atoms with E-state index in [0.717, 1.165) is 25.7 Å². The number of hydrogen-bond donors (Lipinski definition) is 0. The third-order valence-corrected chi connectivity index (χ3v) is 5.32. The fraction of sp³-hybridized carbons (Fsp3) is 0.565. The van der Waals surface area contributed by atoms with Crippen molar-refractivity contribution in [1.82, 2.24) is 0 Å². The zero-order valence-corrected chi connectivity index (χ0v) is 17.4. The van der Waals surface area contributed by atoms with Gasteiger partial charge in [0.25, 0.3) is 0 Å². The second-order valence-electron chi connectivity index (χ2n) is 7.68. The quantitative estimate of drug-likeness (QED) is 0.310. The zero-order valence-electron chi connectivity index (χ0n) is 17.4. The lowest BCUT2D eigenvalue weighted by Crippen LogP contribution is -2.32. The first-order chi connectivity index (χ1) is 14.6. The molecule has 30 heavy (non-hydrogen) atoms. The third-order valence-electron chi connectivity index (χ3n) is 5.32. The summed E-state index contributed by atoms with van der Waals surface area (Å²) in [6.07, 6.45) is 4.35. The molecule has 0 saturated carbocycles. The van der Waals surface area contributed by atoms with Crippen LogP contribution in [0.3, 0.4) is 0 Å². The van der Waals surface area contributed by atoms with Gasteiger partial charge in [-0.15, -0.1) is 0 Å². The van der Waals surface area contributed by atoms with E-state index in [1.165, 1.54) is 6.08 Å². The highest BCUT2D eigenvalue weighted by atomic mass is 16.6. The van der Waals surface area contributed by atoms with Crippen molar-refractivity contribution in [2.45, 2.75) is 50.9 Å². The molecule has 7 heteroatoms. The summed E-state index contributed by atoms with van der Waals surface area (Å²) < 4.78 is 27.7. The summed E-state index contributed by atoms with van der Waals surface area (Å²) in [6.45, 7) is 7.46. The Morgan fingerprint density at radius 2 is 1.73 bits per heavy atom. The molecular formula is C23H30O7. The topological polar surface area (TPSA) is 80.3 Å². The molecule has 0 bridgehead atoms. The first kappa shape index (κ1) is 22.3. The van der Waals surface area contributed by atoms with Gasteiger partial charge in [-0.3, -0.25) is 0 Å². The van der Waals surface area contributed by atoms with Gasteiger partial charge in [0, 0.05) is 12.0 Å². The summed E-state index contributed by atoms with van der Waals surface area (Å²) in [6, 6.07) is 6.95. The molecule has 0 unspecified atom stereocenters. The second-order valence-corrected chi connectivity index (χ2v) is 7.68. The van der Waals surface area contributed by atoms with Crippen molar-refractivity contribution in [2.75, 3.05) is 26.4 Å². The Hall–Kier alpha value is -2.38. The van der Waals surface area contributed by atoms with E-state index in [4.69, 9.17) is 23.7 Å². The Labute approximate surface area is 177 Å². The van der Waals surface area contributed by atoms with Gasteiger partial charge in [0.05, 0.1) is 38.1 Å². The minimum absolute atomic E-state index is 0.0146. The van der Waals surface area contributed by atoms with Gasteiger partial charge in [-0.1, -0.05) is 13.5 Å². The normalized spacial score (nSPS) is 24.8. The van der Waals surface area contributed by atoms with Gasteiger partial charge in [0.2, 0.25) is 0 Å². The number of ether oxygens (including phenoxy) is 5. The SMILES string of the molecule is C=CC(=O)OCCCCCCOc1ccc(C(=O)O[C@@H]2CO[C@H]3[C@@H]2OC[C@H]3C)cc1. The fourth-order valence-electron chi connectivity index (χ4n) is 3.63. The van der Waals surface area contributed by atoms with E-state index in [-0.39, 0.29) is 30.3 Å². The standard InChI is InChI=1S/C23H30O7/c1-3-20(24)27-13-7-5-4-6-12-26-18-10-8-17(9-11-18)23(25)30-19-15-29-21-16(2)14-28-22(19)21/h3,8-11,16,19,21-22H,1,4-7,12-15H2,2H3/t16-,19-,21-,22-/m1/s1. The third kappa shape index (κ3) is 6.06. The van der Waals surface area contributed by atoms with Crippen LogP contribution in [0.25, 0.3) is 0 Å². The monoisotopic (exact) mass is 418 g/mol. The lowest BCUT2D eigenvalue weighted by Gasteiger charge is -2.17. The molecule has 1 aromatic rings. The van der Waals surface area contributed by atoms with Gasteiger partial charge < -0.3 is 23.7 Å². The summed E-state index contributed by atoms with van der Waals surface area (Å²) in [5.41, 5.74) is 0.478. The molecule has 2 fully saturated rings. The number of benzene rings is 1. The number of carbonyl (C=O) groups excluding carboxylic acids is 2. The van der Waals surface area contributed by atoms with E-state index < -0.39 is 0 Å². The Morgan fingerprint density at radius 1 is 1.03 bits per heavy atom. The van der Waals surface area contributed by atoms with Gasteiger partial charge in [-0.05, 0) is 49.9 Å². The molecule has 7 nitrogen and oxygen atoms in total. The van der Waals surface area contributed by atoms with Crippen molar-refractivity contribution >= 4 is 11.9 Å². The predicted molar refractivity (Wildman–Crippen MR) is 109 cm³/mol. The van der Waals surface area contributed by atoms with E-state index in [9.17, 15) is 9.59 Å². The number of esters is 2. The molecule has 164 valence electrons.